The summed E-state index contributed by atoms with van der Waals surface area (Å²) in [7, 11) is 0. The van der Waals surface area contributed by atoms with Crippen LogP contribution in [0.25, 0.3) is 5.69 Å². The molecule has 1 atom stereocenters. The van der Waals surface area contributed by atoms with Crippen LogP contribution < -0.4 is 0 Å². The second-order valence-electron chi connectivity index (χ2n) is 3.67. The molecule has 0 aliphatic rings. The molecule has 0 aliphatic carbocycles. The highest BCUT2D eigenvalue weighted by molar-refractivity contribution is 6.30. The summed E-state index contributed by atoms with van der Waals surface area (Å²) >= 11 is 5.87. The maximum absolute atomic E-state index is 10.8. The third-order valence-electron chi connectivity index (χ3n) is 2.17. The second-order valence-corrected chi connectivity index (χ2v) is 4.11. The van der Waals surface area contributed by atoms with Gasteiger partial charge in [-0.25, -0.2) is 0 Å². The third kappa shape index (κ3) is 2.84. The topological polar surface area (TPSA) is 69.9 Å². The van der Waals surface area contributed by atoms with Crippen molar-refractivity contribution in [2.24, 2.45) is 0 Å². The third-order valence-corrected chi connectivity index (χ3v) is 2.41. The number of aromatic nitrogens is 4. The summed E-state index contributed by atoms with van der Waals surface area (Å²) in [6.45, 7) is 3.01. The molecule has 0 bridgehead atoms. The van der Waals surface area contributed by atoms with Crippen molar-refractivity contribution in [1.29, 1.82) is 0 Å². The van der Waals surface area contributed by atoms with Crippen molar-refractivity contribution >= 4 is 17.6 Å². The summed E-state index contributed by atoms with van der Waals surface area (Å²) in [6.07, 6.45) is -0.532. The molecule has 2 aromatic rings. The first-order chi connectivity index (χ1) is 8.56. The number of carbonyl (C=O) groups is 1. The molecule has 18 heavy (non-hydrogen) atoms. The molecule has 0 saturated heterocycles. The Labute approximate surface area is 109 Å². The van der Waals surface area contributed by atoms with Gasteiger partial charge in [-0.2, -0.15) is 0 Å². The fraction of sp³-hybridized carbons (Fsp3) is 0.273. The summed E-state index contributed by atoms with van der Waals surface area (Å²) in [5.41, 5.74) is 0.691. The van der Waals surface area contributed by atoms with Crippen molar-refractivity contribution in [2.45, 2.75) is 20.0 Å². The van der Waals surface area contributed by atoms with E-state index in [1.54, 1.807) is 31.2 Å². The van der Waals surface area contributed by atoms with Gasteiger partial charge >= 0.3 is 5.97 Å². The van der Waals surface area contributed by atoms with Gasteiger partial charge in [-0.15, -0.1) is 15.0 Å². The van der Waals surface area contributed by atoms with Crippen molar-refractivity contribution in [3.8, 4) is 5.69 Å². The van der Waals surface area contributed by atoms with Crippen LogP contribution in [0.1, 0.15) is 25.8 Å². The van der Waals surface area contributed by atoms with Crippen LogP contribution in [0.15, 0.2) is 24.3 Å². The molecule has 0 spiro atoms. The minimum atomic E-state index is -0.532. The molecular weight excluding hydrogens is 256 g/mol. The lowest BCUT2D eigenvalue weighted by molar-refractivity contribution is -0.146. The molecular formula is C11H11ClN4O2. The van der Waals surface area contributed by atoms with Gasteiger partial charge in [0.15, 0.2) is 6.10 Å². The predicted octanol–water partition coefficient (Wildman–Crippen LogP) is 1.94. The Morgan fingerprint density at radius 3 is 2.94 bits per heavy atom. The molecule has 0 fully saturated rings. The maximum atomic E-state index is 10.8. The highest BCUT2D eigenvalue weighted by Gasteiger charge is 2.15. The summed E-state index contributed by atoms with van der Waals surface area (Å²) < 4.78 is 4.97. The number of esters is 1. The second kappa shape index (κ2) is 5.14. The molecule has 94 valence electrons. The average molecular weight is 267 g/mol. The molecule has 0 amide bonds. The SMILES string of the molecule is CC(=O)OC(C)c1nnn(-c2cccc(Cl)c2)n1. The summed E-state index contributed by atoms with van der Waals surface area (Å²) in [6, 6.07) is 7.05. The van der Waals surface area contributed by atoms with Crippen LogP contribution >= 0.6 is 11.6 Å². The predicted molar refractivity (Wildman–Crippen MR) is 64.3 cm³/mol. The van der Waals surface area contributed by atoms with Crippen LogP contribution in [-0.2, 0) is 9.53 Å². The standard InChI is InChI=1S/C11H11ClN4O2/c1-7(18-8(2)17)11-13-15-16(14-11)10-5-3-4-9(12)6-10/h3-7H,1-2H3. The fourth-order valence-corrected chi connectivity index (χ4v) is 1.58. The van der Waals surface area contributed by atoms with E-state index < -0.39 is 6.10 Å². The first kappa shape index (κ1) is 12.5. The molecule has 7 heteroatoms. The van der Waals surface area contributed by atoms with Gasteiger partial charge in [0.2, 0.25) is 5.82 Å². The van der Waals surface area contributed by atoms with Crippen molar-refractivity contribution in [3.05, 3.63) is 35.1 Å². The van der Waals surface area contributed by atoms with E-state index in [-0.39, 0.29) is 5.97 Å². The van der Waals surface area contributed by atoms with E-state index in [2.05, 4.69) is 15.4 Å². The zero-order valence-corrected chi connectivity index (χ0v) is 10.6. The van der Waals surface area contributed by atoms with Crippen LogP contribution in [0, 0.1) is 0 Å². The zero-order valence-electron chi connectivity index (χ0n) is 9.87. The number of tetrazole rings is 1. The smallest absolute Gasteiger partial charge is 0.303 e. The summed E-state index contributed by atoms with van der Waals surface area (Å²) in [5.74, 6) is -0.0493. The van der Waals surface area contributed by atoms with Crippen LogP contribution in [0.2, 0.25) is 5.02 Å². The monoisotopic (exact) mass is 266 g/mol. The molecule has 0 radical (unpaired) electrons. The number of nitrogens with zero attached hydrogens (tertiary/aromatic N) is 4. The van der Waals surface area contributed by atoms with Gasteiger partial charge in [0.1, 0.15) is 0 Å². The molecule has 0 aliphatic heterocycles. The van der Waals surface area contributed by atoms with Crippen LogP contribution in [0.5, 0.6) is 0 Å². The Balaban J connectivity index is 2.22. The fourth-order valence-electron chi connectivity index (χ4n) is 1.40. The molecule has 6 nitrogen and oxygen atoms in total. The Morgan fingerprint density at radius 2 is 2.28 bits per heavy atom. The van der Waals surface area contributed by atoms with E-state index in [4.69, 9.17) is 16.3 Å². The first-order valence-electron chi connectivity index (χ1n) is 5.29. The molecule has 0 N–H and O–H groups in total. The number of hydrogen-bond acceptors (Lipinski definition) is 5. The normalized spacial score (nSPS) is 12.2. The van der Waals surface area contributed by atoms with E-state index in [0.29, 0.717) is 16.5 Å². The van der Waals surface area contributed by atoms with E-state index in [9.17, 15) is 4.79 Å². The lowest BCUT2D eigenvalue weighted by Crippen LogP contribution is -2.07. The Bertz CT molecular complexity index is 570. The van der Waals surface area contributed by atoms with Gasteiger partial charge < -0.3 is 4.74 Å². The van der Waals surface area contributed by atoms with Crippen LogP contribution in [-0.4, -0.2) is 26.2 Å². The van der Waals surface area contributed by atoms with Gasteiger partial charge in [0.25, 0.3) is 0 Å². The van der Waals surface area contributed by atoms with E-state index in [1.807, 2.05) is 0 Å². The minimum absolute atomic E-state index is 0.338. The molecule has 1 unspecified atom stereocenters. The summed E-state index contributed by atoms with van der Waals surface area (Å²) in [5, 5.41) is 12.4. The Morgan fingerprint density at radius 1 is 1.50 bits per heavy atom. The van der Waals surface area contributed by atoms with Crippen molar-refractivity contribution < 1.29 is 9.53 Å². The molecule has 1 aromatic heterocycles. The van der Waals surface area contributed by atoms with E-state index >= 15 is 0 Å². The zero-order chi connectivity index (χ0) is 13.1. The van der Waals surface area contributed by atoms with Gasteiger partial charge in [-0.1, -0.05) is 17.7 Å². The number of ether oxygens (including phenoxy) is 1. The number of carbonyl (C=O) groups excluding carboxylic acids is 1. The van der Waals surface area contributed by atoms with E-state index in [0.717, 1.165) is 0 Å². The number of hydrogen-bond donors (Lipinski definition) is 0. The highest BCUT2D eigenvalue weighted by Crippen LogP contribution is 2.15. The maximum Gasteiger partial charge on any atom is 0.303 e. The molecule has 1 heterocycles. The van der Waals surface area contributed by atoms with Crippen molar-refractivity contribution in [1.82, 2.24) is 20.2 Å². The lowest BCUT2D eigenvalue weighted by atomic mass is 10.3. The Kier molecular flexibility index (Phi) is 3.57. The quantitative estimate of drug-likeness (QED) is 0.794. The van der Waals surface area contributed by atoms with E-state index in [1.165, 1.54) is 11.7 Å². The Hall–Kier alpha value is -1.95. The van der Waals surface area contributed by atoms with Gasteiger partial charge in [0.05, 0.1) is 5.69 Å². The van der Waals surface area contributed by atoms with Crippen molar-refractivity contribution in [2.75, 3.05) is 0 Å². The largest absolute Gasteiger partial charge is 0.454 e. The first-order valence-corrected chi connectivity index (χ1v) is 5.67. The minimum Gasteiger partial charge on any atom is -0.454 e. The van der Waals surface area contributed by atoms with Crippen LogP contribution in [0.3, 0.4) is 0 Å². The number of benzene rings is 1. The van der Waals surface area contributed by atoms with Crippen molar-refractivity contribution in [3.63, 3.8) is 0 Å². The number of halogens is 1. The van der Waals surface area contributed by atoms with Gasteiger partial charge in [-0.3, -0.25) is 4.79 Å². The van der Waals surface area contributed by atoms with Gasteiger partial charge in [-0.05, 0) is 30.3 Å². The lowest BCUT2D eigenvalue weighted by Gasteiger charge is -2.05. The van der Waals surface area contributed by atoms with Crippen LogP contribution in [0.4, 0.5) is 0 Å². The summed E-state index contributed by atoms with van der Waals surface area (Å²) in [4.78, 5) is 12.2. The molecule has 1 aromatic carbocycles. The number of rotatable bonds is 3. The highest BCUT2D eigenvalue weighted by atomic mass is 35.5. The van der Waals surface area contributed by atoms with Gasteiger partial charge in [0, 0.05) is 11.9 Å². The average Bonchev–Trinajstić information content (AvgIpc) is 2.77. The molecule has 2 rings (SSSR count). The molecule has 0 saturated carbocycles.